The number of fused-ring (bicyclic) bond motifs is 1. The van der Waals surface area contributed by atoms with Gasteiger partial charge >= 0.3 is 0 Å². The van der Waals surface area contributed by atoms with Crippen molar-refractivity contribution in [2.75, 3.05) is 39.3 Å². The van der Waals surface area contributed by atoms with E-state index in [-0.39, 0.29) is 0 Å². The summed E-state index contributed by atoms with van der Waals surface area (Å²) in [5.74, 6) is 1.00. The van der Waals surface area contributed by atoms with E-state index in [0.29, 0.717) is 32.2 Å². The Labute approximate surface area is 148 Å². The van der Waals surface area contributed by atoms with Crippen molar-refractivity contribution in [2.45, 2.75) is 25.8 Å². The zero-order valence-corrected chi connectivity index (χ0v) is 15.4. The van der Waals surface area contributed by atoms with Crippen molar-refractivity contribution in [3.05, 3.63) is 30.1 Å². The van der Waals surface area contributed by atoms with Gasteiger partial charge in [0.05, 0.1) is 11.0 Å². The zero-order valence-electron chi connectivity index (χ0n) is 14.6. The number of aryl methyl sites for hydroxylation is 1. The Morgan fingerprint density at radius 3 is 2.40 bits per heavy atom. The Morgan fingerprint density at radius 2 is 1.68 bits per heavy atom. The Bertz CT molecular complexity index is 849. The van der Waals surface area contributed by atoms with Crippen molar-refractivity contribution in [1.29, 1.82) is 0 Å². The minimum atomic E-state index is -3.33. The van der Waals surface area contributed by atoms with E-state index in [4.69, 9.17) is 0 Å². The van der Waals surface area contributed by atoms with Crippen LogP contribution in [-0.2, 0) is 10.2 Å². The molecule has 0 aliphatic carbocycles. The van der Waals surface area contributed by atoms with Crippen molar-refractivity contribution in [3.8, 4) is 0 Å². The fourth-order valence-corrected chi connectivity index (χ4v) is 5.64. The van der Waals surface area contributed by atoms with Gasteiger partial charge in [-0.05, 0) is 31.9 Å². The Balaban J connectivity index is 1.50. The Kier molecular flexibility index (Phi) is 4.53. The average molecular weight is 363 g/mol. The van der Waals surface area contributed by atoms with Crippen molar-refractivity contribution in [2.24, 2.45) is 0 Å². The van der Waals surface area contributed by atoms with Gasteiger partial charge in [-0.2, -0.15) is 17.0 Å². The maximum absolute atomic E-state index is 12.8. The third-order valence-electron chi connectivity index (χ3n) is 5.29. The largest absolute Gasteiger partial charge is 0.325 e. The number of hydrogen-bond donors (Lipinski definition) is 1. The van der Waals surface area contributed by atoms with E-state index in [1.165, 1.54) is 0 Å². The average Bonchev–Trinajstić information content (AvgIpc) is 2.98. The van der Waals surface area contributed by atoms with E-state index in [9.17, 15) is 8.42 Å². The molecule has 7 nitrogen and oxygen atoms in total. The molecule has 4 rings (SSSR count). The topological polar surface area (TPSA) is 70.5 Å². The van der Waals surface area contributed by atoms with Crippen molar-refractivity contribution in [1.82, 2.24) is 23.5 Å². The maximum atomic E-state index is 12.8. The molecule has 1 N–H and O–H groups in total. The lowest BCUT2D eigenvalue weighted by atomic mass is 10.1. The van der Waals surface area contributed by atoms with E-state index in [1.54, 1.807) is 8.61 Å². The van der Waals surface area contributed by atoms with Crippen LogP contribution in [0.25, 0.3) is 11.0 Å². The molecule has 0 bridgehead atoms. The first-order valence-electron chi connectivity index (χ1n) is 8.97. The molecule has 0 amide bonds. The van der Waals surface area contributed by atoms with Gasteiger partial charge in [0.15, 0.2) is 0 Å². The molecule has 136 valence electrons. The van der Waals surface area contributed by atoms with Gasteiger partial charge in [-0.25, -0.2) is 4.98 Å². The van der Waals surface area contributed by atoms with Gasteiger partial charge < -0.3 is 9.88 Å². The fraction of sp³-hybridized carbons (Fsp3) is 0.588. The molecule has 1 aromatic carbocycles. The molecule has 3 heterocycles. The van der Waals surface area contributed by atoms with Crippen LogP contribution in [0.1, 0.15) is 24.7 Å². The van der Waals surface area contributed by atoms with Crippen LogP contribution >= 0.6 is 0 Å². The predicted octanol–water partition coefficient (Wildman–Crippen LogP) is 1.13. The lowest BCUT2D eigenvalue weighted by molar-refractivity contribution is 0.249. The van der Waals surface area contributed by atoms with Gasteiger partial charge in [0.1, 0.15) is 5.82 Å². The number of piperidine rings is 1. The molecule has 0 unspecified atom stereocenters. The highest BCUT2D eigenvalue weighted by Crippen LogP contribution is 2.30. The van der Waals surface area contributed by atoms with Crippen molar-refractivity contribution < 1.29 is 8.42 Å². The molecule has 0 atom stereocenters. The third-order valence-corrected chi connectivity index (χ3v) is 7.32. The van der Waals surface area contributed by atoms with E-state index < -0.39 is 10.2 Å². The summed E-state index contributed by atoms with van der Waals surface area (Å²) in [5, 5.41) is 3.20. The molecule has 2 aliphatic heterocycles. The van der Waals surface area contributed by atoms with Crippen LogP contribution in [0.3, 0.4) is 0 Å². The molecule has 2 fully saturated rings. The van der Waals surface area contributed by atoms with E-state index in [0.717, 1.165) is 42.8 Å². The van der Waals surface area contributed by atoms with Gasteiger partial charge in [0.25, 0.3) is 10.2 Å². The molecular formula is C17H25N5O2S. The number of benzene rings is 1. The van der Waals surface area contributed by atoms with Gasteiger partial charge in [-0.15, -0.1) is 0 Å². The second kappa shape index (κ2) is 6.68. The lowest BCUT2D eigenvalue weighted by Gasteiger charge is -2.37. The highest BCUT2D eigenvalue weighted by atomic mass is 32.2. The quantitative estimate of drug-likeness (QED) is 0.888. The summed E-state index contributed by atoms with van der Waals surface area (Å²) >= 11 is 0. The number of piperazine rings is 1. The molecule has 2 saturated heterocycles. The summed E-state index contributed by atoms with van der Waals surface area (Å²) in [6, 6.07) is 8.47. The highest BCUT2D eigenvalue weighted by Gasteiger charge is 2.34. The number of nitrogens with one attached hydrogen (secondary N) is 1. The summed E-state index contributed by atoms with van der Waals surface area (Å²) in [6.07, 6.45) is 1.65. The third kappa shape index (κ3) is 3.08. The number of hydrogen-bond acceptors (Lipinski definition) is 4. The Morgan fingerprint density at radius 1 is 1.04 bits per heavy atom. The number of aromatic nitrogens is 2. The molecule has 2 aliphatic rings. The maximum Gasteiger partial charge on any atom is 0.282 e. The molecular weight excluding hydrogens is 338 g/mol. The van der Waals surface area contributed by atoms with Crippen LogP contribution in [-0.4, -0.2) is 65.8 Å². The molecule has 1 aromatic heterocycles. The van der Waals surface area contributed by atoms with Crippen LogP contribution in [0.5, 0.6) is 0 Å². The van der Waals surface area contributed by atoms with Crippen LogP contribution in [0.4, 0.5) is 0 Å². The van der Waals surface area contributed by atoms with Crippen LogP contribution in [0.2, 0.25) is 0 Å². The number of para-hydroxylation sites is 2. The first-order valence-corrected chi connectivity index (χ1v) is 10.4. The first-order chi connectivity index (χ1) is 12.1. The predicted molar refractivity (Wildman–Crippen MR) is 97.7 cm³/mol. The standard InChI is InChI=1S/C17H25N5O2S/c1-14-19-16-4-2-3-5-17(16)22(14)15-6-10-20(11-7-15)25(23,24)21-12-8-18-9-13-21/h2-5,15,18H,6-13H2,1H3. The first kappa shape index (κ1) is 17.0. The molecule has 8 heteroatoms. The minimum absolute atomic E-state index is 0.307. The molecule has 25 heavy (non-hydrogen) atoms. The van der Waals surface area contributed by atoms with Crippen LogP contribution in [0.15, 0.2) is 24.3 Å². The van der Waals surface area contributed by atoms with Gasteiger partial charge in [-0.1, -0.05) is 12.1 Å². The summed E-state index contributed by atoms with van der Waals surface area (Å²) in [6.45, 7) is 5.77. The smallest absolute Gasteiger partial charge is 0.282 e. The molecule has 2 aromatic rings. The zero-order chi connectivity index (χ0) is 17.4. The van der Waals surface area contributed by atoms with E-state index in [1.807, 2.05) is 25.1 Å². The van der Waals surface area contributed by atoms with Crippen LogP contribution < -0.4 is 5.32 Å². The Hall–Kier alpha value is -1.48. The normalized spacial score (nSPS) is 21.8. The van der Waals surface area contributed by atoms with Crippen molar-refractivity contribution >= 4 is 21.2 Å². The summed E-state index contributed by atoms with van der Waals surface area (Å²) in [7, 11) is -3.33. The van der Waals surface area contributed by atoms with Crippen molar-refractivity contribution in [3.63, 3.8) is 0 Å². The number of rotatable bonds is 3. The van der Waals surface area contributed by atoms with Gasteiger partial charge in [0, 0.05) is 45.3 Å². The number of imidazole rings is 1. The SMILES string of the molecule is Cc1nc2ccccc2n1C1CCN(S(=O)(=O)N2CCNCC2)CC1. The molecule has 0 saturated carbocycles. The summed E-state index contributed by atoms with van der Waals surface area (Å²) < 4.78 is 31.2. The van der Waals surface area contributed by atoms with E-state index >= 15 is 0 Å². The molecule has 0 spiro atoms. The minimum Gasteiger partial charge on any atom is -0.325 e. The summed E-state index contributed by atoms with van der Waals surface area (Å²) in [4.78, 5) is 4.65. The monoisotopic (exact) mass is 363 g/mol. The number of nitrogens with zero attached hydrogens (tertiary/aromatic N) is 4. The second-order valence-corrected chi connectivity index (χ2v) is 8.73. The highest BCUT2D eigenvalue weighted by molar-refractivity contribution is 7.86. The lowest BCUT2D eigenvalue weighted by Crippen LogP contribution is -2.53. The van der Waals surface area contributed by atoms with E-state index in [2.05, 4.69) is 20.9 Å². The molecule has 0 radical (unpaired) electrons. The van der Waals surface area contributed by atoms with Crippen LogP contribution in [0, 0.1) is 6.92 Å². The van der Waals surface area contributed by atoms with Gasteiger partial charge in [0.2, 0.25) is 0 Å². The second-order valence-electron chi connectivity index (χ2n) is 6.80. The fourth-order valence-electron chi connectivity index (χ4n) is 4.00. The summed E-state index contributed by atoms with van der Waals surface area (Å²) in [5.41, 5.74) is 2.15. The van der Waals surface area contributed by atoms with Gasteiger partial charge in [-0.3, -0.25) is 0 Å².